The lowest BCUT2D eigenvalue weighted by Crippen LogP contribution is -2.31. The van der Waals surface area contributed by atoms with Crippen LogP contribution in [0.15, 0.2) is 41.3 Å². The molecule has 9 heteroatoms. The van der Waals surface area contributed by atoms with Gasteiger partial charge in [0.25, 0.3) is 21.6 Å². The minimum atomic E-state index is -4.03. The summed E-state index contributed by atoms with van der Waals surface area (Å²) in [5.74, 6) is -0.256. The molecule has 0 fully saturated rings. The van der Waals surface area contributed by atoms with Crippen LogP contribution in [0.4, 0.5) is 11.4 Å². The molecule has 0 saturated heterocycles. The van der Waals surface area contributed by atoms with Crippen LogP contribution in [0, 0.1) is 17.0 Å². The molecule has 0 bridgehead atoms. The van der Waals surface area contributed by atoms with E-state index in [0.717, 1.165) is 11.6 Å². The highest BCUT2D eigenvalue weighted by Gasteiger charge is 2.22. The minimum absolute atomic E-state index is 0.177. The summed E-state index contributed by atoms with van der Waals surface area (Å²) in [5.41, 5.74) is 1.56. The Morgan fingerprint density at radius 3 is 2.68 bits per heavy atom. The molecule has 2 N–H and O–H groups in total. The molecule has 8 nitrogen and oxygen atoms in total. The van der Waals surface area contributed by atoms with Crippen molar-refractivity contribution < 1.29 is 18.1 Å². The molecule has 25 heavy (non-hydrogen) atoms. The number of nitrogens with zero attached hydrogens (tertiary/aromatic N) is 1. The molecule has 1 aliphatic heterocycles. The Kier molecular flexibility index (Phi) is 4.17. The molecular weight excluding hydrogens is 346 g/mol. The van der Waals surface area contributed by atoms with Crippen LogP contribution in [0.1, 0.15) is 21.5 Å². The van der Waals surface area contributed by atoms with Gasteiger partial charge >= 0.3 is 0 Å². The van der Waals surface area contributed by atoms with Gasteiger partial charge in [-0.05, 0) is 36.6 Å². The highest BCUT2D eigenvalue weighted by molar-refractivity contribution is 7.92. The number of hydrogen-bond acceptors (Lipinski definition) is 5. The first kappa shape index (κ1) is 16.9. The molecule has 1 aliphatic rings. The van der Waals surface area contributed by atoms with E-state index in [4.69, 9.17) is 0 Å². The van der Waals surface area contributed by atoms with Gasteiger partial charge in [0.05, 0.1) is 9.82 Å². The number of carbonyl (C=O) groups excluding carboxylic acids is 1. The second kappa shape index (κ2) is 6.17. The Hall–Kier alpha value is -2.94. The lowest BCUT2D eigenvalue weighted by Gasteiger charge is -2.18. The van der Waals surface area contributed by atoms with E-state index in [0.29, 0.717) is 24.1 Å². The average Bonchev–Trinajstić information content (AvgIpc) is 2.55. The minimum Gasteiger partial charge on any atom is -0.352 e. The van der Waals surface area contributed by atoms with Crippen LogP contribution < -0.4 is 10.0 Å². The van der Waals surface area contributed by atoms with Gasteiger partial charge in [-0.1, -0.05) is 12.1 Å². The van der Waals surface area contributed by atoms with Crippen molar-refractivity contribution in [3.05, 3.63) is 63.2 Å². The molecule has 0 unspecified atom stereocenters. The van der Waals surface area contributed by atoms with Crippen LogP contribution in [-0.2, 0) is 16.4 Å². The van der Waals surface area contributed by atoms with E-state index < -0.39 is 14.9 Å². The number of fused-ring (bicyclic) bond motifs is 1. The van der Waals surface area contributed by atoms with Crippen molar-refractivity contribution in [1.82, 2.24) is 5.32 Å². The second-order valence-corrected chi connectivity index (χ2v) is 7.34. The van der Waals surface area contributed by atoms with E-state index in [2.05, 4.69) is 10.0 Å². The maximum Gasteiger partial charge on any atom is 0.270 e. The molecule has 0 saturated carbocycles. The van der Waals surface area contributed by atoms with Gasteiger partial charge in [0, 0.05) is 29.9 Å². The fourth-order valence-corrected chi connectivity index (χ4v) is 3.99. The molecule has 0 atom stereocenters. The van der Waals surface area contributed by atoms with Gasteiger partial charge < -0.3 is 5.32 Å². The smallest absolute Gasteiger partial charge is 0.270 e. The number of nitrogens with one attached hydrogen (secondary N) is 2. The zero-order chi connectivity index (χ0) is 18.2. The Morgan fingerprint density at radius 1 is 1.20 bits per heavy atom. The van der Waals surface area contributed by atoms with Crippen LogP contribution >= 0.6 is 0 Å². The van der Waals surface area contributed by atoms with Gasteiger partial charge in [-0.25, -0.2) is 8.42 Å². The average molecular weight is 361 g/mol. The van der Waals surface area contributed by atoms with Crippen LogP contribution in [0.3, 0.4) is 0 Å². The zero-order valence-corrected chi connectivity index (χ0v) is 14.1. The number of amides is 1. The number of nitro benzene ring substituents is 1. The van der Waals surface area contributed by atoms with Crippen LogP contribution in [-0.4, -0.2) is 25.8 Å². The molecule has 2 aromatic carbocycles. The molecule has 0 aliphatic carbocycles. The van der Waals surface area contributed by atoms with E-state index in [-0.39, 0.29) is 22.2 Å². The number of carbonyl (C=O) groups is 1. The van der Waals surface area contributed by atoms with Gasteiger partial charge in [0.1, 0.15) is 0 Å². The van der Waals surface area contributed by atoms with E-state index in [1.807, 2.05) is 0 Å². The van der Waals surface area contributed by atoms with Crippen molar-refractivity contribution in [2.75, 3.05) is 11.3 Å². The largest absolute Gasteiger partial charge is 0.352 e. The molecular formula is C16H15N3O5S. The van der Waals surface area contributed by atoms with E-state index >= 15 is 0 Å². The van der Waals surface area contributed by atoms with Crippen molar-refractivity contribution in [3.63, 3.8) is 0 Å². The molecule has 130 valence electrons. The molecule has 1 heterocycles. The highest BCUT2D eigenvalue weighted by Crippen LogP contribution is 2.25. The summed E-state index contributed by atoms with van der Waals surface area (Å²) in [6.45, 7) is 2.10. The fraction of sp³-hybridized carbons (Fsp3) is 0.188. The Morgan fingerprint density at radius 2 is 1.96 bits per heavy atom. The Labute approximate surface area is 144 Å². The van der Waals surface area contributed by atoms with Crippen molar-refractivity contribution in [1.29, 1.82) is 0 Å². The first-order valence-corrected chi connectivity index (χ1v) is 8.95. The maximum absolute atomic E-state index is 12.6. The van der Waals surface area contributed by atoms with E-state index in [9.17, 15) is 23.3 Å². The summed E-state index contributed by atoms with van der Waals surface area (Å²) in [6, 6.07) is 8.38. The van der Waals surface area contributed by atoms with Crippen LogP contribution in [0.2, 0.25) is 0 Å². The molecule has 0 spiro atoms. The quantitative estimate of drug-likeness (QED) is 0.638. The van der Waals surface area contributed by atoms with Gasteiger partial charge in [0.2, 0.25) is 0 Å². The number of hydrogen-bond donors (Lipinski definition) is 2. The first-order chi connectivity index (χ1) is 11.8. The summed E-state index contributed by atoms with van der Waals surface area (Å²) in [7, 11) is -4.03. The maximum atomic E-state index is 12.6. The number of nitro groups is 1. The molecule has 2 aromatic rings. The Bertz CT molecular complexity index is 985. The first-order valence-electron chi connectivity index (χ1n) is 7.47. The van der Waals surface area contributed by atoms with Gasteiger partial charge in [-0.2, -0.15) is 0 Å². The number of non-ortho nitro benzene ring substituents is 1. The molecule has 0 radical (unpaired) electrons. The van der Waals surface area contributed by atoms with E-state index in [1.165, 1.54) is 18.2 Å². The predicted octanol–water partition coefficient (Wildman–Crippen LogP) is 1.99. The van der Waals surface area contributed by atoms with Crippen molar-refractivity contribution >= 4 is 27.3 Å². The van der Waals surface area contributed by atoms with Crippen molar-refractivity contribution in [3.8, 4) is 0 Å². The van der Waals surface area contributed by atoms with Gasteiger partial charge in [0.15, 0.2) is 0 Å². The molecule has 0 aromatic heterocycles. The predicted molar refractivity (Wildman–Crippen MR) is 91.1 cm³/mol. The fourth-order valence-electron chi connectivity index (χ4n) is 2.68. The summed E-state index contributed by atoms with van der Waals surface area (Å²) in [5, 5.41) is 13.6. The second-order valence-electron chi connectivity index (χ2n) is 5.69. The summed E-state index contributed by atoms with van der Waals surface area (Å²) in [6.07, 6.45) is 0.679. The van der Waals surface area contributed by atoms with E-state index in [1.54, 1.807) is 19.1 Å². The summed E-state index contributed by atoms with van der Waals surface area (Å²) >= 11 is 0. The number of anilines is 1. The summed E-state index contributed by atoms with van der Waals surface area (Å²) in [4.78, 5) is 21.9. The number of aryl methyl sites for hydroxylation is 1. The van der Waals surface area contributed by atoms with Gasteiger partial charge in [-0.15, -0.1) is 0 Å². The highest BCUT2D eigenvalue weighted by atomic mass is 32.2. The van der Waals surface area contributed by atoms with Crippen molar-refractivity contribution in [2.45, 2.75) is 18.2 Å². The topological polar surface area (TPSA) is 118 Å². The number of rotatable bonds is 4. The van der Waals surface area contributed by atoms with Crippen LogP contribution in [0.25, 0.3) is 0 Å². The number of benzene rings is 2. The Balaban J connectivity index is 1.97. The lowest BCUT2D eigenvalue weighted by molar-refractivity contribution is -0.385. The number of sulfonamides is 1. The monoisotopic (exact) mass is 361 g/mol. The third-order valence-electron chi connectivity index (χ3n) is 3.96. The zero-order valence-electron chi connectivity index (χ0n) is 13.3. The van der Waals surface area contributed by atoms with Gasteiger partial charge in [-0.3, -0.25) is 19.6 Å². The normalized spacial score (nSPS) is 13.7. The molecule has 1 amide bonds. The lowest BCUT2D eigenvalue weighted by atomic mass is 10.00. The standard InChI is InChI=1S/C16H15N3O5S/c1-10-2-5-13(19(21)22)9-15(10)25(23,24)18-12-4-3-11-6-7-17-16(20)14(11)8-12/h2-5,8-9,18H,6-7H2,1H3,(H,17,20). The third-order valence-corrected chi connectivity index (χ3v) is 5.48. The molecule has 3 rings (SSSR count). The summed E-state index contributed by atoms with van der Waals surface area (Å²) < 4.78 is 27.6. The SMILES string of the molecule is Cc1ccc([N+](=O)[O-])cc1S(=O)(=O)Nc1ccc2c(c1)C(=O)NCC2. The van der Waals surface area contributed by atoms with Crippen molar-refractivity contribution in [2.24, 2.45) is 0 Å². The third kappa shape index (κ3) is 3.31. The van der Waals surface area contributed by atoms with Crippen LogP contribution in [0.5, 0.6) is 0 Å².